The molecular weight excluding hydrogens is 421 g/mol. The van der Waals surface area contributed by atoms with Gasteiger partial charge in [-0.1, -0.05) is 18.2 Å². The monoisotopic (exact) mass is 446 g/mol. The first-order valence-electron chi connectivity index (χ1n) is 11.0. The number of aromatic amines is 1. The Bertz CT molecular complexity index is 1050. The van der Waals surface area contributed by atoms with Gasteiger partial charge in [-0.15, -0.1) is 0 Å². The number of amides is 2. The molecule has 1 aromatic carbocycles. The molecule has 32 heavy (non-hydrogen) atoms. The topological polar surface area (TPSA) is 69.3 Å². The number of rotatable bonds is 2. The van der Waals surface area contributed by atoms with Crippen LogP contribution in [0.2, 0.25) is 0 Å². The number of carbonyl (C=O) groups is 2. The molecule has 1 saturated carbocycles. The first-order chi connectivity index (χ1) is 15.2. The van der Waals surface area contributed by atoms with E-state index in [1.807, 2.05) is 0 Å². The SMILES string of the molecule is CC(=O)N1CCc2c(C(=O)N3C[C@H]4CC(c5ccccc5C(F)(F)F)C[C@H]4C3)n[nH]c2C1. The van der Waals surface area contributed by atoms with Crippen LogP contribution in [-0.4, -0.2) is 51.4 Å². The molecule has 3 atom stereocenters. The molecule has 1 N–H and O–H groups in total. The Morgan fingerprint density at radius 2 is 1.78 bits per heavy atom. The largest absolute Gasteiger partial charge is 0.416 e. The molecule has 1 saturated heterocycles. The predicted molar refractivity (Wildman–Crippen MR) is 110 cm³/mol. The normalized spacial score (nSPS) is 25.1. The highest BCUT2D eigenvalue weighted by Gasteiger charge is 2.45. The number of nitrogens with zero attached hydrogens (tertiary/aromatic N) is 3. The van der Waals surface area contributed by atoms with Crippen LogP contribution in [0.3, 0.4) is 0 Å². The number of halogens is 3. The van der Waals surface area contributed by atoms with E-state index in [0.29, 0.717) is 56.7 Å². The van der Waals surface area contributed by atoms with Crippen LogP contribution < -0.4 is 0 Å². The average Bonchev–Trinajstić information content (AvgIpc) is 3.45. The zero-order valence-electron chi connectivity index (χ0n) is 17.8. The van der Waals surface area contributed by atoms with Crippen molar-refractivity contribution in [1.82, 2.24) is 20.0 Å². The van der Waals surface area contributed by atoms with Crippen LogP contribution in [0.1, 0.15) is 58.6 Å². The van der Waals surface area contributed by atoms with Crippen molar-refractivity contribution in [2.75, 3.05) is 19.6 Å². The van der Waals surface area contributed by atoms with E-state index in [4.69, 9.17) is 0 Å². The van der Waals surface area contributed by atoms with Crippen molar-refractivity contribution in [1.29, 1.82) is 0 Å². The number of likely N-dealkylation sites (tertiary alicyclic amines) is 1. The van der Waals surface area contributed by atoms with Crippen molar-refractivity contribution in [3.8, 4) is 0 Å². The highest BCUT2D eigenvalue weighted by Crippen LogP contribution is 2.49. The van der Waals surface area contributed by atoms with Crippen LogP contribution in [0.25, 0.3) is 0 Å². The number of fused-ring (bicyclic) bond motifs is 2. The van der Waals surface area contributed by atoms with Gasteiger partial charge >= 0.3 is 6.18 Å². The molecule has 1 unspecified atom stereocenters. The van der Waals surface area contributed by atoms with Gasteiger partial charge < -0.3 is 9.80 Å². The van der Waals surface area contributed by atoms with Crippen molar-refractivity contribution >= 4 is 11.8 Å². The summed E-state index contributed by atoms with van der Waals surface area (Å²) in [5.41, 5.74) is 1.94. The molecular formula is C23H25F3N4O2. The van der Waals surface area contributed by atoms with E-state index >= 15 is 0 Å². The quantitative estimate of drug-likeness (QED) is 0.767. The van der Waals surface area contributed by atoms with Gasteiger partial charge in [-0.05, 0) is 48.6 Å². The van der Waals surface area contributed by atoms with Crippen LogP contribution in [0.15, 0.2) is 24.3 Å². The van der Waals surface area contributed by atoms with Gasteiger partial charge in [-0.2, -0.15) is 18.3 Å². The van der Waals surface area contributed by atoms with Gasteiger partial charge in [0.05, 0.1) is 17.8 Å². The summed E-state index contributed by atoms with van der Waals surface area (Å²) in [7, 11) is 0. The lowest BCUT2D eigenvalue weighted by molar-refractivity contribution is -0.138. The van der Waals surface area contributed by atoms with E-state index in [9.17, 15) is 22.8 Å². The predicted octanol–water partition coefficient (Wildman–Crippen LogP) is 3.60. The Morgan fingerprint density at radius 3 is 2.44 bits per heavy atom. The van der Waals surface area contributed by atoms with Gasteiger partial charge in [0.25, 0.3) is 5.91 Å². The Morgan fingerprint density at radius 1 is 1.09 bits per heavy atom. The summed E-state index contributed by atoms with van der Waals surface area (Å²) in [6, 6.07) is 5.86. The molecule has 1 aromatic heterocycles. The number of hydrogen-bond donors (Lipinski definition) is 1. The molecule has 3 heterocycles. The first-order valence-corrected chi connectivity index (χ1v) is 11.0. The van der Waals surface area contributed by atoms with Crippen LogP contribution in [0.5, 0.6) is 0 Å². The molecule has 2 fully saturated rings. The number of nitrogens with one attached hydrogen (secondary N) is 1. The fraction of sp³-hybridized carbons (Fsp3) is 0.522. The number of benzene rings is 1. The Labute approximate surface area is 183 Å². The molecule has 6 nitrogen and oxygen atoms in total. The third kappa shape index (κ3) is 3.57. The van der Waals surface area contributed by atoms with Crippen LogP contribution in [0, 0.1) is 11.8 Å². The van der Waals surface area contributed by atoms with Gasteiger partial charge in [0.1, 0.15) is 0 Å². The lowest BCUT2D eigenvalue weighted by Crippen LogP contribution is -2.35. The third-order valence-corrected chi connectivity index (χ3v) is 7.33. The van der Waals surface area contributed by atoms with E-state index in [0.717, 1.165) is 17.3 Å². The van der Waals surface area contributed by atoms with Gasteiger partial charge in [0, 0.05) is 32.1 Å². The molecule has 5 rings (SSSR count). The number of hydrogen-bond acceptors (Lipinski definition) is 3. The number of alkyl halides is 3. The van der Waals surface area contributed by atoms with Crippen LogP contribution in [-0.2, 0) is 23.9 Å². The summed E-state index contributed by atoms with van der Waals surface area (Å²) in [6.07, 6.45) is -2.45. The molecule has 3 aliphatic rings. The Kier molecular flexibility index (Phi) is 5.02. The van der Waals surface area contributed by atoms with Gasteiger partial charge in [0.15, 0.2) is 5.69 Å². The molecule has 0 radical (unpaired) electrons. The van der Waals surface area contributed by atoms with Gasteiger partial charge in [-0.25, -0.2) is 0 Å². The fourth-order valence-corrected chi connectivity index (χ4v) is 5.74. The number of H-pyrrole nitrogens is 1. The lowest BCUT2D eigenvalue weighted by Gasteiger charge is -2.26. The summed E-state index contributed by atoms with van der Waals surface area (Å²) in [5, 5.41) is 7.17. The van der Waals surface area contributed by atoms with Crippen molar-refractivity contribution in [3.63, 3.8) is 0 Å². The van der Waals surface area contributed by atoms with E-state index < -0.39 is 11.7 Å². The average molecular weight is 446 g/mol. The van der Waals surface area contributed by atoms with Crippen molar-refractivity contribution in [3.05, 3.63) is 52.3 Å². The molecule has 9 heteroatoms. The fourth-order valence-electron chi connectivity index (χ4n) is 5.74. The zero-order valence-corrected chi connectivity index (χ0v) is 17.8. The van der Waals surface area contributed by atoms with Crippen molar-refractivity contribution in [2.45, 2.75) is 44.8 Å². The van der Waals surface area contributed by atoms with E-state index in [1.54, 1.807) is 21.9 Å². The first kappa shape index (κ1) is 21.0. The molecule has 1 aliphatic carbocycles. The molecule has 170 valence electrons. The van der Waals surface area contributed by atoms with E-state index in [1.165, 1.54) is 13.0 Å². The summed E-state index contributed by atoms with van der Waals surface area (Å²) in [4.78, 5) is 28.3. The minimum absolute atomic E-state index is 0.00727. The van der Waals surface area contributed by atoms with Crippen LogP contribution >= 0.6 is 0 Å². The molecule has 2 amide bonds. The second-order valence-corrected chi connectivity index (χ2v) is 9.20. The van der Waals surface area contributed by atoms with Crippen molar-refractivity contribution < 1.29 is 22.8 Å². The number of aromatic nitrogens is 2. The summed E-state index contributed by atoms with van der Waals surface area (Å²) < 4.78 is 40.3. The maximum absolute atomic E-state index is 13.4. The standard InChI is InChI=1S/C23H25F3N4O2/c1-13(31)29-7-6-18-20(12-29)27-28-21(18)22(32)30-10-15-8-14(9-16(15)11-30)17-4-2-3-5-19(17)23(24,25)26/h2-5,14-16H,6-12H2,1H3,(H,27,28)/t14?,15-,16+. The molecule has 0 bridgehead atoms. The summed E-state index contributed by atoms with van der Waals surface area (Å²) >= 11 is 0. The maximum atomic E-state index is 13.4. The second kappa shape index (κ2) is 7.64. The maximum Gasteiger partial charge on any atom is 0.416 e. The molecule has 0 spiro atoms. The van der Waals surface area contributed by atoms with Crippen LogP contribution in [0.4, 0.5) is 13.2 Å². The third-order valence-electron chi connectivity index (χ3n) is 7.33. The minimum atomic E-state index is -4.35. The Balaban J connectivity index is 1.27. The van der Waals surface area contributed by atoms with E-state index in [2.05, 4.69) is 10.2 Å². The summed E-state index contributed by atoms with van der Waals surface area (Å²) in [5.74, 6) is 0.143. The molecule has 2 aliphatic heterocycles. The minimum Gasteiger partial charge on any atom is -0.337 e. The summed E-state index contributed by atoms with van der Waals surface area (Å²) in [6.45, 7) is 3.62. The van der Waals surface area contributed by atoms with Crippen molar-refractivity contribution in [2.24, 2.45) is 11.8 Å². The van der Waals surface area contributed by atoms with Gasteiger partial charge in [0.2, 0.25) is 5.91 Å². The molecule has 2 aromatic rings. The lowest BCUT2D eigenvalue weighted by atomic mass is 9.91. The Hall–Kier alpha value is -2.84. The van der Waals surface area contributed by atoms with E-state index in [-0.39, 0.29) is 29.6 Å². The highest BCUT2D eigenvalue weighted by molar-refractivity contribution is 5.94. The van der Waals surface area contributed by atoms with Gasteiger partial charge in [-0.3, -0.25) is 14.7 Å². The highest BCUT2D eigenvalue weighted by atomic mass is 19.4. The second-order valence-electron chi connectivity index (χ2n) is 9.20. The smallest absolute Gasteiger partial charge is 0.337 e. The zero-order chi connectivity index (χ0) is 22.6. The number of carbonyl (C=O) groups excluding carboxylic acids is 2.